The summed E-state index contributed by atoms with van der Waals surface area (Å²) in [5, 5.41) is 18.7. The van der Waals surface area contributed by atoms with Gasteiger partial charge in [-0.1, -0.05) is 0 Å². The third-order valence-corrected chi connectivity index (χ3v) is 2.87. The van der Waals surface area contributed by atoms with Crippen molar-refractivity contribution in [3.8, 4) is 0 Å². The second kappa shape index (κ2) is 5.19. The molecule has 1 saturated heterocycles. The monoisotopic (exact) mass is 267 g/mol. The molecule has 19 heavy (non-hydrogen) atoms. The number of carboxylic acid groups (broad SMARTS) is 1. The fourth-order valence-corrected chi connectivity index (χ4v) is 2.00. The average molecular weight is 267 g/mol. The van der Waals surface area contributed by atoms with E-state index in [0.717, 1.165) is 0 Å². The smallest absolute Gasteiger partial charge is 0.376 e. The van der Waals surface area contributed by atoms with Crippen molar-refractivity contribution in [3.63, 3.8) is 0 Å². The molecule has 1 fully saturated rings. The van der Waals surface area contributed by atoms with Gasteiger partial charge in [-0.15, -0.1) is 0 Å². The first-order chi connectivity index (χ1) is 9.02. The number of nitrogens with zero attached hydrogens (tertiary/aromatic N) is 3. The van der Waals surface area contributed by atoms with Crippen LogP contribution in [0.1, 0.15) is 17.0 Å². The van der Waals surface area contributed by atoms with E-state index in [9.17, 15) is 14.7 Å². The lowest BCUT2D eigenvalue weighted by Crippen LogP contribution is -2.36. The van der Waals surface area contributed by atoms with Crippen molar-refractivity contribution in [2.45, 2.75) is 18.6 Å². The number of aliphatic hydroxyl groups is 1. The summed E-state index contributed by atoms with van der Waals surface area (Å²) >= 11 is 0. The Morgan fingerprint density at radius 2 is 2.26 bits per heavy atom. The van der Waals surface area contributed by atoms with Crippen molar-refractivity contribution in [1.29, 1.82) is 0 Å². The number of anilines is 1. The Bertz CT molecular complexity index is 507. The molecule has 8 nitrogen and oxygen atoms in total. The van der Waals surface area contributed by atoms with Gasteiger partial charge in [0.2, 0.25) is 5.82 Å². The molecule has 0 spiro atoms. The van der Waals surface area contributed by atoms with Crippen LogP contribution in [-0.4, -0.2) is 57.9 Å². The summed E-state index contributed by atoms with van der Waals surface area (Å²) in [5.41, 5.74) is 0. The van der Waals surface area contributed by atoms with E-state index in [1.807, 2.05) is 0 Å². The van der Waals surface area contributed by atoms with Gasteiger partial charge in [0.05, 0.1) is 13.2 Å². The van der Waals surface area contributed by atoms with E-state index in [4.69, 9.17) is 5.11 Å². The van der Waals surface area contributed by atoms with E-state index < -0.39 is 24.1 Å². The number of aromatic nitrogens is 2. The van der Waals surface area contributed by atoms with Gasteiger partial charge in [0, 0.05) is 19.2 Å². The van der Waals surface area contributed by atoms with Gasteiger partial charge in [-0.05, 0) is 6.07 Å². The molecule has 2 heterocycles. The Labute approximate surface area is 108 Å². The number of ether oxygens (including phenoxy) is 1. The van der Waals surface area contributed by atoms with Gasteiger partial charge in [-0.25, -0.2) is 19.6 Å². The summed E-state index contributed by atoms with van der Waals surface area (Å²) in [6.07, 6.45) is 0.725. The summed E-state index contributed by atoms with van der Waals surface area (Å²) < 4.78 is 4.50. The lowest BCUT2D eigenvalue weighted by Gasteiger charge is -2.22. The number of methoxy groups -OCH3 is 1. The van der Waals surface area contributed by atoms with E-state index in [0.29, 0.717) is 0 Å². The number of rotatable bonds is 3. The molecule has 1 aliphatic heterocycles. The zero-order valence-electron chi connectivity index (χ0n) is 10.2. The van der Waals surface area contributed by atoms with Crippen LogP contribution in [0.4, 0.5) is 5.82 Å². The van der Waals surface area contributed by atoms with E-state index >= 15 is 0 Å². The van der Waals surface area contributed by atoms with Crippen LogP contribution in [-0.2, 0) is 9.53 Å². The van der Waals surface area contributed by atoms with Gasteiger partial charge in [0.25, 0.3) is 0 Å². The first-order valence-electron chi connectivity index (χ1n) is 5.61. The topological polar surface area (TPSA) is 113 Å². The number of esters is 1. The molecule has 8 heteroatoms. The first-order valence-corrected chi connectivity index (χ1v) is 5.61. The van der Waals surface area contributed by atoms with Gasteiger partial charge in [-0.2, -0.15) is 0 Å². The Hall–Kier alpha value is -2.22. The van der Waals surface area contributed by atoms with Crippen LogP contribution in [0.15, 0.2) is 12.3 Å². The van der Waals surface area contributed by atoms with Crippen LogP contribution in [0.25, 0.3) is 0 Å². The first kappa shape index (κ1) is 13.2. The van der Waals surface area contributed by atoms with Crippen LogP contribution in [0.2, 0.25) is 0 Å². The van der Waals surface area contributed by atoms with E-state index in [1.165, 1.54) is 24.3 Å². The zero-order chi connectivity index (χ0) is 14.0. The molecule has 0 bridgehead atoms. The number of hydrogen-bond donors (Lipinski definition) is 2. The van der Waals surface area contributed by atoms with Gasteiger partial charge in [-0.3, -0.25) is 0 Å². The maximum absolute atomic E-state index is 11.3. The Balaban J connectivity index is 2.30. The minimum absolute atomic E-state index is 0.118. The minimum Gasteiger partial charge on any atom is -0.480 e. The van der Waals surface area contributed by atoms with Crippen molar-refractivity contribution in [2.75, 3.05) is 18.6 Å². The minimum atomic E-state index is -1.05. The highest BCUT2D eigenvalue weighted by Crippen LogP contribution is 2.24. The Morgan fingerprint density at radius 1 is 1.53 bits per heavy atom. The molecule has 0 aliphatic carbocycles. The third-order valence-electron chi connectivity index (χ3n) is 2.87. The molecule has 2 atom stereocenters. The molecule has 2 unspecified atom stereocenters. The van der Waals surface area contributed by atoms with Crippen molar-refractivity contribution in [2.24, 2.45) is 0 Å². The largest absolute Gasteiger partial charge is 0.480 e. The molecule has 1 aromatic heterocycles. The van der Waals surface area contributed by atoms with Gasteiger partial charge in [0.1, 0.15) is 11.9 Å². The van der Waals surface area contributed by atoms with Crippen LogP contribution in [0, 0.1) is 0 Å². The fourth-order valence-electron chi connectivity index (χ4n) is 2.00. The fraction of sp³-hybridized carbons (Fsp3) is 0.455. The molecule has 1 aromatic rings. The molecule has 0 aromatic carbocycles. The predicted octanol–water partition coefficient (Wildman–Crippen LogP) is -0.713. The van der Waals surface area contributed by atoms with Crippen molar-refractivity contribution in [1.82, 2.24) is 9.97 Å². The molecular weight excluding hydrogens is 254 g/mol. The normalized spacial score (nSPS) is 22.3. The summed E-state index contributed by atoms with van der Waals surface area (Å²) in [7, 11) is 1.21. The third kappa shape index (κ3) is 2.63. The lowest BCUT2D eigenvalue weighted by molar-refractivity contribution is -0.138. The molecule has 0 amide bonds. The van der Waals surface area contributed by atoms with Crippen molar-refractivity contribution in [3.05, 3.63) is 18.1 Å². The predicted molar refractivity (Wildman–Crippen MR) is 62.8 cm³/mol. The molecular formula is C11H13N3O5. The Morgan fingerprint density at radius 3 is 2.89 bits per heavy atom. The lowest BCUT2D eigenvalue weighted by atomic mass is 10.2. The highest BCUT2D eigenvalue weighted by molar-refractivity contribution is 5.85. The molecule has 0 radical (unpaired) electrons. The van der Waals surface area contributed by atoms with E-state index in [2.05, 4.69) is 14.7 Å². The maximum atomic E-state index is 11.3. The molecule has 0 saturated carbocycles. The van der Waals surface area contributed by atoms with Gasteiger partial charge in [0.15, 0.2) is 0 Å². The second-order valence-electron chi connectivity index (χ2n) is 4.13. The molecule has 102 valence electrons. The molecule has 2 N–H and O–H groups in total. The van der Waals surface area contributed by atoms with Crippen LogP contribution >= 0.6 is 0 Å². The summed E-state index contributed by atoms with van der Waals surface area (Å²) in [6.45, 7) is 0.147. The zero-order valence-corrected chi connectivity index (χ0v) is 10.2. The van der Waals surface area contributed by atoms with Gasteiger partial charge >= 0.3 is 11.9 Å². The van der Waals surface area contributed by atoms with Crippen LogP contribution in [0.3, 0.4) is 0 Å². The quantitative estimate of drug-likeness (QED) is 0.690. The number of carbonyl (C=O) groups is 2. The Kier molecular flexibility index (Phi) is 3.61. The van der Waals surface area contributed by atoms with E-state index in [1.54, 1.807) is 0 Å². The van der Waals surface area contributed by atoms with Crippen LogP contribution in [0.5, 0.6) is 0 Å². The number of aliphatic hydroxyl groups excluding tert-OH is 1. The van der Waals surface area contributed by atoms with E-state index in [-0.39, 0.29) is 24.6 Å². The number of aliphatic carboxylic acids is 1. The van der Waals surface area contributed by atoms with Crippen molar-refractivity contribution >= 4 is 17.8 Å². The average Bonchev–Trinajstić information content (AvgIpc) is 2.80. The maximum Gasteiger partial charge on any atom is 0.376 e. The number of carboxylic acids is 1. The van der Waals surface area contributed by atoms with Crippen LogP contribution < -0.4 is 4.90 Å². The summed E-state index contributed by atoms with van der Waals surface area (Å²) in [5.74, 6) is -1.62. The van der Waals surface area contributed by atoms with Gasteiger partial charge < -0.3 is 19.8 Å². The SMILES string of the molecule is COC(=O)c1nccc(N2CC(O)CC2C(=O)O)n1. The van der Waals surface area contributed by atoms with Crippen molar-refractivity contribution < 1.29 is 24.5 Å². The number of hydrogen-bond acceptors (Lipinski definition) is 7. The number of β-amino-alcohol motifs (C(OH)–C–C–N with tert-alkyl or cyclic N) is 1. The standard InChI is InChI=1S/C11H13N3O5/c1-19-11(18)9-12-3-2-8(13-9)14-5-6(15)4-7(14)10(16)17/h2-3,6-7,15H,4-5H2,1H3,(H,16,17). The molecule has 1 aliphatic rings. The number of carbonyl (C=O) groups excluding carboxylic acids is 1. The highest BCUT2D eigenvalue weighted by Gasteiger charge is 2.37. The summed E-state index contributed by atoms with van der Waals surface area (Å²) in [6, 6.07) is 0.621. The summed E-state index contributed by atoms with van der Waals surface area (Å²) in [4.78, 5) is 31.6. The highest BCUT2D eigenvalue weighted by atomic mass is 16.5. The second-order valence-corrected chi connectivity index (χ2v) is 4.13. The molecule has 2 rings (SSSR count).